The molecule has 1 aliphatic carbocycles. The number of nitrogens with one attached hydrogen (secondary N) is 2. The predicted molar refractivity (Wildman–Crippen MR) is 116 cm³/mol. The third-order valence-corrected chi connectivity index (χ3v) is 6.52. The topological polar surface area (TPSA) is 96.3 Å². The fourth-order valence-corrected chi connectivity index (χ4v) is 4.52. The quantitative estimate of drug-likeness (QED) is 0.669. The summed E-state index contributed by atoms with van der Waals surface area (Å²) in [4.78, 5) is 38.7. The van der Waals surface area contributed by atoms with E-state index in [9.17, 15) is 14.4 Å². The van der Waals surface area contributed by atoms with E-state index < -0.39 is 11.6 Å². The van der Waals surface area contributed by atoms with Crippen LogP contribution in [0.25, 0.3) is 5.69 Å². The van der Waals surface area contributed by atoms with E-state index in [0.717, 1.165) is 35.4 Å². The molecule has 1 spiro atoms. The van der Waals surface area contributed by atoms with E-state index in [1.54, 1.807) is 10.9 Å². The van der Waals surface area contributed by atoms with Crippen LogP contribution in [0.2, 0.25) is 0 Å². The molecule has 0 radical (unpaired) electrons. The van der Waals surface area contributed by atoms with Gasteiger partial charge in [0.15, 0.2) is 0 Å². The van der Waals surface area contributed by atoms with Crippen molar-refractivity contribution < 1.29 is 14.4 Å². The van der Waals surface area contributed by atoms with E-state index in [0.29, 0.717) is 31.7 Å². The third kappa shape index (κ3) is 4.47. The molecule has 2 heterocycles. The summed E-state index contributed by atoms with van der Waals surface area (Å²) in [6.07, 6.45) is 8.54. The molecule has 2 fully saturated rings. The first-order valence-electron chi connectivity index (χ1n) is 11.0. The van der Waals surface area contributed by atoms with Crippen molar-refractivity contribution in [3.05, 3.63) is 48.3 Å². The average Bonchev–Trinajstić information content (AvgIpc) is 3.39. The van der Waals surface area contributed by atoms with Crippen LogP contribution in [-0.2, 0) is 16.0 Å². The van der Waals surface area contributed by atoms with Crippen molar-refractivity contribution >= 4 is 17.8 Å². The monoisotopic (exact) mass is 423 g/mol. The van der Waals surface area contributed by atoms with Crippen molar-refractivity contribution in [1.82, 2.24) is 25.3 Å². The Balaban J connectivity index is 1.25. The van der Waals surface area contributed by atoms with Gasteiger partial charge in [-0.2, -0.15) is 5.10 Å². The van der Waals surface area contributed by atoms with Gasteiger partial charge in [-0.05, 0) is 61.8 Å². The SMILES string of the molecule is CCC1CCC2(CC1)NC(=O)N(CC(=O)NCCc1ccc(-n3cccn3)cc1)C2=O. The van der Waals surface area contributed by atoms with Crippen LogP contribution >= 0.6 is 0 Å². The smallest absolute Gasteiger partial charge is 0.325 e. The highest BCUT2D eigenvalue weighted by Crippen LogP contribution is 2.37. The second-order valence-electron chi connectivity index (χ2n) is 8.47. The molecule has 1 aliphatic heterocycles. The predicted octanol–water partition coefficient (Wildman–Crippen LogP) is 2.42. The Morgan fingerprint density at radius 1 is 1.23 bits per heavy atom. The number of hydrogen-bond acceptors (Lipinski definition) is 4. The zero-order valence-corrected chi connectivity index (χ0v) is 17.8. The first-order chi connectivity index (χ1) is 15.0. The summed E-state index contributed by atoms with van der Waals surface area (Å²) < 4.78 is 1.78. The van der Waals surface area contributed by atoms with Gasteiger partial charge in [-0.15, -0.1) is 0 Å². The normalized spacial score (nSPS) is 23.3. The Morgan fingerprint density at radius 3 is 2.61 bits per heavy atom. The summed E-state index contributed by atoms with van der Waals surface area (Å²) in [5, 5.41) is 9.88. The Hall–Kier alpha value is -3.16. The average molecular weight is 424 g/mol. The van der Waals surface area contributed by atoms with Crippen molar-refractivity contribution in [3.63, 3.8) is 0 Å². The fourth-order valence-electron chi connectivity index (χ4n) is 4.52. The molecule has 1 aromatic heterocycles. The number of hydrogen-bond donors (Lipinski definition) is 2. The van der Waals surface area contributed by atoms with Crippen molar-refractivity contribution in [2.24, 2.45) is 5.92 Å². The molecule has 4 rings (SSSR count). The second kappa shape index (κ2) is 8.91. The van der Waals surface area contributed by atoms with E-state index in [4.69, 9.17) is 0 Å². The fraction of sp³-hybridized carbons (Fsp3) is 0.478. The molecule has 164 valence electrons. The van der Waals surface area contributed by atoms with Gasteiger partial charge < -0.3 is 10.6 Å². The van der Waals surface area contributed by atoms with Crippen molar-refractivity contribution in [1.29, 1.82) is 0 Å². The maximum atomic E-state index is 12.9. The van der Waals surface area contributed by atoms with E-state index in [1.165, 1.54) is 0 Å². The van der Waals surface area contributed by atoms with Gasteiger partial charge in [0.05, 0.1) is 5.69 Å². The van der Waals surface area contributed by atoms with Crippen molar-refractivity contribution in [2.75, 3.05) is 13.1 Å². The van der Waals surface area contributed by atoms with Gasteiger partial charge in [0.1, 0.15) is 12.1 Å². The van der Waals surface area contributed by atoms with Gasteiger partial charge in [0, 0.05) is 18.9 Å². The lowest BCUT2D eigenvalue weighted by Gasteiger charge is -2.34. The van der Waals surface area contributed by atoms with Crippen LogP contribution in [0.15, 0.2) is 42.7 Å². The summed E-state index contributed by atoms with van der Waals surface area (Å²) >= 11 is 0. The zero-order valence-electron chi connectivity index (χ0n) is 17.8. The maximum absolute atomic E-state index is 12.9. The van der Waals surface area contributed by atoms with E-state index in [2.05, 4.69) is 22.7 Å². The summed E-state index contributed by atoms with van der Waals surface area (Å²) in [6, 6.07) is 9.36. The Morgan fingerprint density at radius 2 is 1.97 bits per heavy atom. The number of benzene rings is 1. The van der Waals surface area contributed by atoms with E-state index in [-0.39, 0.29) is 18.4 Å². The highest BCUT2D eigenvalue weighted by molar-refractivity contribution is 6.09. The Labute approximate surface area is 182 Å². The molecule has 0 bridgehead atoms. The number of rotatable bonds is 7. The molecule has 8 nitrogen and oxygen atoms in total. The molecule has 2 aliphatic rings. The minimum absolute atomic E-state index is 0.234. The number of carbonyl (C=O) groups is 3. The molecule has 1 saturated heterocycles. The van der Waals surface area contributed by atoms with Crippen LogP contribution < -0.4 is 10.6 Å². The number of urea groups is 1. The largest absolute Gasteiger partial charge is 0.354 e. The second-order valence-corrected chi connectivity index (χ2v) is 8.47. The molecule has 8 heteroatoms. The highest BCUT2D eigenvalue weighted by atomic mass is 16.2. The van der Waals surface area contributed by atoms with Crippen LogP contribution in [0, 0.1) is 5.92 Å². The van der Waals surface area contributed by atoms with Crippen LogP contribution in [0.5, 0.6) is 0 Å². The lowest BCUT2D eigenvalue weighted by Crippen LogP contribution is -2.50. The van der Waals surface area contributed by atoms with E-state index in [1.807, 2.05) is 36.5 Å². The Kier molecular flexibility index (Phi) is 6.06. The molecule has 2 aromatic rings. The third-order valence-electron chi connectivity index (χ3n) is 6.52. The molecule has 31 heavy (non-hydrogen) atoms. The molecule has 1 aromatic carbocycles. The first kappa shape index (κ1) is 21.1. The van der Waals surface area contributed by atoms with Crippen LogP contribution in [0.3, 0.4) is 0 Å². The van der Waals surface area contributed by atoms with Gasteiger partial charge in [-0.1, -0.05) is 25.5 Å². The summed E-state index contributed by atoms with van der Waals surface area (Å²) in [6.45, 7) is 2.36. The van der Waals surface area contributed by atoms with E-state index >= 15 is 0 Å². The molecule has 4 amide bonds. The van der Waals surface area contributed by atoms with Crippen LogP contribution in [0.4, 0.5) is 4.79 Å². The number of carbonyl (C=O) groups excluding carboxylic acids is 3. The number of amides is 4. The standard InChI is InChI=1S/C23H29N5O3/c1-2-17-8-11-23(12-9-17)21(30)27(22(31)26-23)16-20(29)24-14-10-18-4-6-19(7-5-18)28-15-3-13-25-28/h3-7,13,15,17H,2,8-12,14,16H2,1H3,(H,24,29)(H,26,31). The molecule has 1 saturated carbocycles. The molecule has 2 N–H and O–H groups in total. The number of aromatic nitrogens is 2. The van der Waals surface area contributed by atoms with Gasteiger partial charge in [-0.3, -0.25) is 14.5 Å². The summed E-state index contributed by atoms with van der Waals surface area (Å²) in [7, 11) is 0. The number of imide groups is 1. The summed E-state index contributed by atoms with van der Waals surface area (Å²) in [5.41, 5.74) is 1.25. The molecular weight excluding hydrogens is 394 g/mol. The highest BCUT2D eigenvalue weighted by Gasteiger charge is 2.52. The lowest BCUT2D eigenvalue weighted by atomic mass is 9.75. The minimum atomic E-state index is -0.806. The Bertz CT molecular complexity index is 931. The minimum Gasteiger partial charge on any atom is -0.354 e. The van der Waals surface area contributed by atoms with Gasteiger partial charge in [0.25, 0.3) is 5.91 Å². The maximum Gasteiger partial charge on any atom is 0.325 e. The first-order valence-corrected chi connectivity index (χ1v) is 11.0. The van der Waals surface area contributed by atoms with Gasteiger partial charge in [-0.25, -0.2) is 9.48 Å². The van der Waals surface area contributed by atoms with Crippen molar-refractivity contribution in [3.8, 4) is 5.69 Å². The molecule has 0 unspecified atom stereocenters. The van der Waals surface area contributed by atoms with Gasteiger partial charge in [0.2, 0.25) is 5.91 Å². The summed E-state index contributed by atoms with van der Waals surface area (Å²) in [5.74, 6) is 0.0358. The van der Waals surface area contributed by atoms with Crippen molar-refractivity contribution in [2.45, 2.75) is 51.0 Å². The molecule has 0 atom stereocenters. The zero-order chi connectivity index (χ0) is 21.8. The van der Waals surface area contributed by atoms with Crippen LogP contribution in [-0.4, -0.2) is 51.2 Å². The number of nitrogens with zero attached hydrogens (tertiary/aromatic N) is 3. The van der Waals surface area contributed by atoms with Gasteiger partial charge >= 0.3 is 6.03 Å². The van der Waals surface area contributed by atoms with Crippen LogP contribution in [0.1, 0.15) is 44.6 Å². The molecular formula is C23H29N5O3. The lowest BCUT2D eigenvalue weighted by molar-refractivity contribution is -0.136.